The maximum atomic E-state index is 6.45. The van der Waals surface area contributed by atoms with Crippen LogP contribution >= 0.6 is 15.9 Å². The van der Waals surface area contributed by atoms with Gasteiger partial charge in [0, 0.05) is 22.3 Å². The minimum absolute atomic E-state index is 0.0463. The van der Waals surface area contributed by atoms with E-state index >= 15 is 0 Å². The number of pyridine rings is 1. The minimum Gasteiger partial charge on any atom is -0.324 e. The summed E-state index contributed by atoms with van der Waals surface area (Å²) in [4.78, 5) is 4.55. The molecule has 0 saturated heterocycles. The van der Waals surface area contributed by atoms with Crippen LogP contribution in [0.15, 0.2) is 29.0 Å². The van der Waals surface area contributed by atoms with Crippen LogP contribution in [0.4, 0.5) is 0 Å². The number of nitrogens with zero attached hydrogens (tertiary/aromatic N) is 3. The molecule has 2 aromatic rings. The first kappa shape index (κ1) is 14.7. The second-order valence-corrected chi connectivity index (χ2v) is 7.58. The van der Waals surface area contributed by atoms with Gasteiger partial charge in [0.05, 0.1) is 17.4 Å². The molecule has 2 N–H and O–H groups in total. The number of halogens is 1. The highest BCUT2D eigenvalue weighted by atomic mass is 79.9. The van der Waals surface area contributed by atoms with E-state index < -0.39 is 0 Å². The van der Waals surface area contributed by atoms with Crippen LogP contribution < -0.4 is 5.73 Å². The van der Waals surface area contributed by atoms with E-state index in [2.05, 4.69) is 46.8 Å². The number of hydrogen-bond acceptors (Lipinski definition) is 3. The highest BCUT2D eigenvalue weighted by Gasteiger charge is 2.34. The van der Waals surface area contributed by atoms with Crippen molar-refractivity contribution in [2.24, 2.45) is 11.7 Å². The van der Waals surface area contributed by atoms with E-state index in [9.17, 15) is 0 Å². The Morgan fingerprint density at radius 3 is 2.67 bits per heavy atom. The maximum Gasteiger partial charge on any atom is 0.103 e. The SMILES string of the molecule is CC(C)(C)n1ncc(C(N)C2CC2)c1-c1ncccc1Br. The topological polar surface area (TPSA) is 56.7 Å². The molecule has 2 heterocycles. The predicted molar refractivity (Wildman–Crippen MR) is 87.8 cm³/mol. The molecule has 0 spiro atoms. The summed E-state index contributed by atoms with van der Waals surface area (Å²) in [6.07, 6.45) is 6.16. The molecule has 5 heteroatoms. The van der Waals surface area contributed by atoms with Crippen LogP contribution in [0.3, 0.4) is 0 Å². The molecule has 21 heavy (non-hydrogen) atoms. The zero-order chi connectivity index (χ0) is 15.2. The predicted octanol–water partition coefficient (Wildman–Crippen LogP) is 3.87. The van der Waals surface area contributed by atoms with E-state index in [1.54, 1.807) is 0 Å². The maximum absolute atomic E-state index is 6.45. The monoisotopic (exact) mass is 348 g/mol. The van der Waals surface area contributed by atoms with Crippen molar-refractivity contribution in [3.8, 4) is 11.4 Å². The summed E-state index contributed by atoms with van der Waals surface area (Å²) >= 11 is 3.61. The highest BCUT2D eigenvalue weighted by molar-refractivity contribution is 9.10. The highest BCUT2D eigenvalue weighted by Crippen LogP contribution is 2.43. The first-order valence-corrected chi connectivity index (χ1v) is 8.14. The Labute approximate surface area is 133 Å². The van der Waals surface area contributed by atoms with Crippen molar-refractivity contribution in [3.05, 3.63) is 34.6 Å². The smallest absolute Gasteiger partial charge is 0.103 e. The van der Waals surface area contributed by atoms with E-state index in [1.165, 1.54) is 12.8 Å². The second kappa shape index (κ2) is 5.21. The fraction of sp³-hybridized carbons (Fsp3) is 0.500. The lowest BCUT2D eigenvalue weighted by atomic mass is 10.0. The zero-order valence-electron chi connectivity index (χ0n) is 12.7. The lowest BCUT2D eigenvalue weighted by Gasteiger charge is -2.24. The summed E-state index contributed by atoms with van der Waals surface area (Å²) in [5.74, 6) is 0.587. The van der Waals surface area contributed by atoms with Gasteiger partial charge in [-0.1, -0.05) is 0 Å². The van der Waals surface area contributed by atoms with E-state index in [0.29, 0.717) is 5.92 Å². The summed E-state index contributed by atoms with van der Waals surface area (Å²) in [6.45, 7) is 6.44. The molecule has 0 bridgehead atoms. The van der Waals surface area contributed by atoms with Crippen molar-refractivity contribution in [1.82, 2.24) is 14.8 Å². The van der Waals surface area contributed by atoms with Crippen molar-refractivity contribution < 1.29 is 0 Å². The van der Waals surface area contributed by atoms with Gasteiger partial charge in [0.15, 0.2) is 0 Å². The van der Waals surface area contributed by atoms with Crippen LogP contribution in [0.5, 0.6) is 0 Å². The second-order valence-electron chi connectivity index (χ2n) is 6.73. The van der Waals surface area contributed by atoms with Crippen molar-refractivity contribution in [2.75, 3.05) is 0 Å². The normalized spacial score (nSPS) is 17.0. The Morgan fingerprint density at radius 1 is 1.38 bits per heavy atom. The summed E-state index contributed by atoms with van der Waals surface area (Å²) in [5, 5.41) is 4.61. The van der Waals surface area contributed by atoms with Gasteiger partial charge in [0.2, 0.25) is 0 Å². The van der Waals surface area contributed by atoms with Crippen LogP contribution in [-0.4, -0.2) is 14.8 Å². The lowest BCUT2D eigenvalue weighted by Crippen LogP contribution is -2.25. The average Bonchev–Trinajstić information content (AvgIpc) is 3.16. The Bertz CT molecular complexity index is 653. The fourth-order valence-corrected chi connectivity index (χ4v) is 3.06. The molecule has 0 aliphatic heterocycles. The molecule has 3 rings (SSSR count). The molecule has 1 aliphatic rings. The van der Waals surface area contributed by atoms with Gasteiger partial charge in [-0.15, -0.1) is 0 Å². The molecular weight excluding hydrogens is 328 g/mol. The van der Waals surface area contributed by atoms with Crippen molar-refractivity contribution >= 4 is 15.9 Å². The van der Waals surface area contributed by atoms with E-state index in [-0.39, 0.29) is 11.6 Å². The molecule has 112 valence electrons. The largest absolute Gasteiger partial charge is 0.324 e. The van der Waals surface area contributed by atoms with E-state index in [0.717, 1.165) is 21.4 Å². The molecular formula is C16H21BrN4. The van der Waals surface area contributed by atoms with Gasteiger partial charge in [-0.05, 0) is 67.6 Å². The molecule has 2 aromatic heterocycles. The molecule has 1 fully saturated rings. The van der Waals surface area contributed by atoms with Crippen LogP contribution in [0.25, 0.3) is 11.4 Å². The third kappa shape index (κ3) is 2.77. The molecule has 1 saturated carbocycles. The van der Waals surface area contributed by atoms with Gasteiger partial charge >= 0.3 is 0 Å². The van der Waals surface area contributed by atoms with Crippen LogP contribution in [-0.2, 0) is 5.54 Å². The van der Waals surface area contributed by atoms with Gasteiger partial charge in [-0.3, -0.25) is 9.67 Å². The quantitative estimate of drug-likeness (QED) is 0.915. The number of hydrogen-bond donors (Lipinski definition) is 1. The van der Waals surface area contributed by atoms with Gasteiger partial charge in [-0.2, -0.15) is 5.10 Å². The van der Waals surface area contributed by atoms with Gasteiger partial charge in [0.1, 0.15) is 5.69 Å². The first-order chi connectivity index (χ1) is 9.89. The molecule has 4 nitrogen and oxygen atoms in total. The zero-order valence-corrected chi connectivity index (χ0v) is 14.3. The van der Waals surface area contributed by atoms with Crippen LogP contribution in [0, 0.1) is 5.92 Å². The molecule has 0 aromatic carbocycles. The first-order valence-electron chi connectivity index (χ1n) is 7.34. The number of aromatic nitrogens is 3. The Kier molecular flexibility index (Phi) is 3.66. The standard InChI is InChI=1S/C16H21BrN4/c1-16(2,3)21-15(14-12(17)5-4-8-19-14)11(9-20-21)13(18)10-6-7-10/h4-5,8-10,13H,6-7,18H2,1-3H3. The Balaban J connectivity index is 2.19. The van der Waals surface area contributed by atoms with Gasteiger partial charge in [-0.25, -0.2) is 0 Å². The number of rotatable bonds is 3. The van der Waals surface area contributed by atoms with Crippen molar-refractivity contribution in [3.63, 3.8) is 0 Å². The third-order valence-electron chi connectivity index (χ3n) is 3.90. The minimum atomic E-state index is -0.117. The van der Waals surface area contributed by atoms with Crippen molar-refractivity contribution in [2.45, 2.75) is 45.2 Å². The Hall–Kier alpha value is -1.20. The van der Waals surface area contributed by atoms with E-state index in [4.69, 9.17) is 5.73 Å². The summed E-state index contributed by atoms with van der Waals surface area (Å²) in [6, 6.07) is 3.98. The Morgan fingerprint density at radius 2 is 2.10 bits per heavy atom. The molecule has 1 aliphatic carbocycles. The summed E-state index contributed by atoms with van der Waals surface area (Å²) in [5.41, 5.74) is 9.38. The van der Waals surface area contributed by atoms with Crippen LogP contribution in [0.1, 0.15) is 45.2 Å². The fourth-order valence-electron chi connectivity index (χ4n) is 2.62. The third-order valence-corrected chi connectivity index (χ3v) is 4.54. The molecule has 1 atom stereocenters. The van der Waals surface area contributed by atoms with Gasteiger partial charge in [0.25, 0.3) is 0 Å². The average molecular weight is 349 g/mol. The van der Waals surface area contributed by atoms with Gasteiger partial charge < -0.3 is 5.73 Å². The van der Waals surface area contributed by atoms with Crippen molar-refractivity contribution in [1.29, 1.82) is 0 Å². The molecule has 1 unspecified atom stereocenters. The molecule has 0 amide bonds. The van der Waals surface area contributed by atoms with Crippen LogP contribution in [0.2, 0.25) is 0 Å². The summed E-state index contributed by atoms with van der Waals surface area (Å²) in [7, 11) is 0. The summed E-state index contributed by atoms with van der Waals surface area (Å²) < 4.78 is 3.01. The lowest BCUT2D eigenvalue weighted by molar-refractivity contribution is 0.359. The number of nitrogens with two attached hydrogens (primary N) is 1. The van der Waals surface area contributed by atoms with E-state index in [1.807, 2.05) is 29.2 Å². The molecule has 0 radical (unpaired) electrons.